The van der Waals surface area contributed by atoms with E-state index in [4.69, 9.17) is 9.94 Å². The Morgan fingerprint density at radius 1 is 1.27 bits per heavy atom. The van der Waals surface area contributed by atoms with Gasteiger partial charge >= 0.3 is 6.18 Å². The van der Waals surface area contributed by atoms with Crippen molar-refractivity contribution in [1.29, 1.82) is 0 Å². The third-order valence-electron chi connectivity index (χ3n) is 3.62. The highest BCUT2D eigenvalue weighted by Gasteiger charge is 2.40. The van der Waals surface area contributed by atoms with Crippen molar-refractivity contribution >= 4 is 22.6 Å². The minimum absolute atomic E-state index is 0.181. The Balaban J connectivity index is 3.00. The number of hydrogen-bond donors (Lipinski definition) is 3. The summed E-state index contributed by atoms with van der Waals surface area (Å²) in [5, 5.41) is 18.5. The molecule has 0 aromatic rings. The lowest BCUT2D eigenvalue weighted by Crippen LogP contribution is -2.32. The predicted octanol–water partition coefficient (Wildman–Crippen LogP) is 4.60. The molecule has 3 N–H and O–H groups in total. The first-order valence-electron chi connectivity index (χ1n) is 7.12. The van der Waals surface area contributed by atoms with Gasteiger partial charge in [-0.15, -0.1) is 0 Å². The second-order valence-electron chi connectivity index (χ2n) is 5.30. The first-order chi connectivity index (χ1) is 10.3. The molecule has 1 heterocycles. The quantitative estimate of drug-likeness (QED) is 0.257. The van der Waals surface area contributed by atoms with Crippen molar-refractivity contribution in [3.63, 3.8) is 0 Å². The molecule has 4 nitrogen and oxygen atoms in total. The number of aliphatic hydroxyl groups is 1. The van der Waals surface area contributed by atoms with Crippen LogP contribution in [0.3, 0.4) is 0 Å². The summed E-state index contributed by atoms with van der Waals surface area (Å²) in [7, 11) is 0. The van der Waals surface area contributed by atoms with Crippen LogP contribution in [0, 0.1) is 5.92 Å². The Hall–Kier alpha value is -0.640. The monoisotopic (exact) mass is 435 g/mol. The van der Waals surface area contributed by atoms with Crippen LogP contribution in [0.1, 0.15) is 38.5 Å². The van der Waals surface area contributed by atoms with E-state index in [-0.39, 0.29) is 10.5 Å². The predicted molar refractivity (Wildman–Crippen MR) is 84.7 cm³/mol. The summed E-state index contributed by atoms with van der Waals surface area (Å²) in [5.41, 5.74) is 0.950. The lowest BCUT2D eigenvalue weighted by Gasteiger charge is -2.26. The van der Waals surface area contributed by atoms with Gasteiger partial charge in [-0.3, -0.25) is 10.7 Å². The van der Waals surface area contributed by atoms with E-state index in [2.05, 4.69) is 6.58 Å². The van der Waals surface area contributed by atoms with Gasteiger partial charge in [0.2, 0.25) is 5.76 Å². The second-order valence-corrected chi connectivity index (χ2v) is 6.90. The van der Waals surface area contributed by atoms with Gasteiger partial charge in [-0.1, -0.05) is 48.4 Å². The fourth-order valence-corrected chi connectivity index (χ4v) is 3.29. The molecule has 22 heavy (non-hydrogen) atoms. The average Bonchev–Trinajstić information content (AvgIpc) is 2.48. The number of aliphatic hydroxyl groups excluding tert-OH is 1. The maximum Gasteiger partial charge on any atom is 0.450 e. The molecule has 0 saturated carbocycles. The second kappa shape index (κ2) is 8.85. The summed E-state index contributed by atoms with van der Waals surface area (Å²) in [6.45, 7) is 3.97. The molecule has 0 amide bonds. The molecule has 8 heteroatoms. The van der Waals surface area contributed by atoms with Gasteiger partial charge in [-0.25, -0.2) is 0 Å². The first kappa shape index (κ1) is 19.4. The van der Waals surface area contributed by atoms with E-state index in [0.717, 1.165) is 25.7 Å². The number of hydrogen-bond acceptors (Lipinski definition) is 4. The normalized spacial score (nSPS) is 26.5. The number of rotatable bonds is 2. The van der Waals surface area contributed by atoms with Gasteiger partial charge < -0.3 is 9.84 Å². The lowest BCUT2D eigenvalue weighted by atomic mass is 9.93. The van der Waals surface area contributed by atoms with E-state index < -0.39 is 23.6 Å². The molecule has 0 spiro atoms. The third-order valence-corrected chi connectivity index (χ3v) is 4.85. The smallest absolute Gasteiger partial charge is 0.450 e. The van der Waals surface area contributed by atoms with E-state index in [0.29, 0.717) is 18.6 Å². The topological polar surface area (TPSA) is 61.7 Å². The molecule has 1 aliphatic heterocycles. The molecule has 1 saturated heterocycles. The van der Waals surface area contributed by atoms with Crippen LogP contribution in [0.2, 0.25) is 0 Å². The van der Waals surface area contributed by atoms with Crippen molar-refractivity contribution in [1.82, 2.24) is 5.48 Å². The fraction of sp³-hybridized carbons (Fsp3) is 0.714. The number of allylic oxidation sites excluding steroid dienone is 3. The van der Waals surface area contributed by atoms with Crippen LogP contribution < -0.4 is 5.48 Å². The summed E-state index contributed by atoms with van der Waals surface area (Å²) in [5.74, 6) is -1.85. The van der Waals surface area contributed by atoms with Gasteiger partial charge in [-0.2, -0.15) is 13.2 Å². The highest BCUT2D eigenvalue weighted by molar-refractivity contribution is 14.1. The Kier molecular flexibility index (Phi) is 7.81. The van der Waals surface area contributed by atoms with Gasteiger partial charge in [0.1, 0.15) is 6.61 Å². The Morgan fingerprint density at radius 3 is 2.50 bits per heavy atom. The average molecular weight is 435 g/mol. The number of ether oxygens (including phenoxy) is 1. The standard InChI is InChI=1S/C14H21F3INO3/c1-9-6-4-2-3-5-7-10(11(18)8-22-9)12(19-21)13(20)14(15,16)17/h10-11,19-21H,1-8H2/b13-12+. The van der Waals surface area contributed by atoms with Crippen LogP contribution in [-0.4, -0.2) is 27.0 Å². The molecule has 1 fully saturated rings. The summed E-state index contributed by atoms with van der Waals surface area (Å²) in [6.07, 6.45) is -0.277. The molecule has 2 atom stereocenters. The van der Waals surface area contributed by atoms with Crippen LogP contribution in [0.5, 0.6) is 0 Å². The van der Waals surface area contributed by atoms with Crippen molar-refractivity contribution in [2.75, 3.05) is 6.61 Å². The lowest BCUT2D eigenvalue weighted by molar-refractivity contribution is -0.124. The number of nitrogens with one attached hydrogen (secondary N) is 1. The van der Waals surface area contributed by atoms with Crippen LogP contribution in [0.25, 0.3) is 0 Å². The Labute approximate surface area is 141 Å². The molecule has 0 radical (unpaired) electrons. The zero-order chi connectivity index (χ0) is 16.8. The maximum absolute atomic E-state index is 12.7. The highest BCUT2D eigenvalue weighted by atomic mass is 127. The van der Waals surface area contributed by atoms with Gasteiger partial charge in [-0.05, 0) is 12.8 Å². The Morgan fingerprint density at radius 2 is 1.91 bits per heavy atom. The molecule has 2 unspecified atom stereocenters. The molecule has 1 aliphatic rings. The van der Waals surface area contributed by atoms with Crippen molar-refractivity contribution in [3.8, 4) is 0 Å². The number of halogens is 4. The minimum atomic E-state index is -4.90. The molecular formula is C14H21F3INO3. The highest BCUT2D eigenvalue weighted by Crippen LogP contribution is 2.34. The van der Waals surface area contributed by atoms with Crippen molar-refractivity contribution in [2.24, 2.45) is 5.92 Å². The maximum atomic E-state index is 12.7. The van der Waals surface area contributed by atoms with E-state index >= 15 is 0 Å². The summed E-state index contributed by atoms with van der Waals surface area (Å²) in [6, 6.07) is 0. The van der Waals surface area contributed by atoms with Crippen LogP contribution in [0.15, 0.2) is 23.8 Å². The van der Waals surface area contributed by atoms with Gasteiger partial charge in [0.15, 0.2) is 0 Å². The van der Waals surface area contributed by atoms with Gasteiger partial charge in [0.25, 0.3) is 0 Å². The SMILES string of the molecule is C=C1CCCCCCC(/C(NO)=C(\O)C(F)(F)F)C(I)CO1. The van der Waals surface area contributed by atoms with Gasteiger partial charge in [0, 0.05) is 12.3 Å². The molecular weight excluding hydrogens is 414 g/mol. The van der Waals surface area contributed by atoms with Crippen LogP contribution >= 0.6 is 22.6 Å². The number of hydroxylamine groups is 1. The molecule has 0 aromatic carbocycles. The van der Waals surface area contributed by atoms with Crippen molar-refractivity contribution in [3.05, 3.63) is 23.8 Å². The molecule has 0 aliphatic carbocycles. The first-order valence-corrected chi connectivity index (χ1v) is 8.37. The summed E-state index contributed by atoms with van der Waals surface area (Å²) < 4.78 is 43.3. The minimum Gasteiger partial charge on any atom is -0.503 e. The van der Waals surface area contributed by atoms with E-state index in [9.17, 15) is 18.3 Å². The van der Waals surface area contributed by atoms with Gasteiger partial charge in [0.05, 0.1) is 15.4 Å². The van der Waals surface area contributed by atoms with E-state index in [1.54, 1.807) is 5.48 Å². The van der Waals surface area contributed by atoms with Crippen LogP contribution in [-0.2, 0) is 4.74 Å². The molecule has 0 bridgehead atoms. The number of alkyl halides is 4. The third kappa shape index (κ3) is 5.86. The summed E-state index contributed by atoms with van der Waals surface area (Å²) in [4.78, 5) is 0. The van der Waals surface area contributed by atoms with E-state index in [1.165, 1.54) is 0 Å². The fourth-order valence-electron chi connectivity index (χ4n) is 2.40. The molecule has 1 rings (SSSR count). The van der Waals surface area contributed by atoms with E-state index in [1.807, 2.05) is 22.6 Å². The van der Waals surface area contributed by atoms with Crippen LogP contribution in [0.4, 0.5) is 13.2 Å². The largest absolute Gasteiger partial charge is 0.503 e. The zero-order valence-corrected chi connectivity index (χ0v) is 14.3. The summed E-state index contributed by atoms with van der Waals surface area (Å²) >= 11 is 1.98. The Bertz CT molecular complexity index is 413. The molecule has 0 aromatic heterocycles. The zero-order valence-electron chi connectivity index (χ0n) is 12.1. The molecule has 128 valence electrons. The van der Waals surface area contributed by atoms with Crippen molar-refractivity contribution in [2.45, 2.75) is 48.6 Å². The van der Waals surface area contributed by atoms with Crippen molar-refractivity contribution < 1.29 is 28.2 Å².